The van der Waals surface area contributed by atoms with Crippen LogP contribution in [-0.4, -0.2) is 33.8 Å². The summed E-state index contributed by atoms with van der Waals surface area (Å²) in [5, 5.41) is 12.7. The lowest BCUT2D eigenvalue weighted by molar-refractivity contribution is -0.137. The van der Waals surface area contributed by atoms with E-state index in [1.807, 2.05) is 24.3 Å². The van der Waals surface area contributed by atoms with Crippen molar-refractivity contribution in [2.24, 2.45) is 0 Å². The molecular weight excluding hydrogens is 454 g/mol. The van der Waals surface area contributed by atoms with Crippen molar-refractivity contribution in [3.05, 3.63) is 83.2 Å². The van der Waals surface area contributed by atoms with Gasteiger partial charge in [-0.15, -0.1) is 0 Å². The Hall–Kier alpha value is -3.84. The lowest BCUT2D eigenvalue weighted by Gasteiger charge is -2.18. The van der Waals surface area contributed by atoms with Crippen LogP contribution in [0.1, 0.15) is 53.8 Å². The first kappa shape index (κ1) is 22.6. The van der Waals surface area contributed by atoms with E-state index in [4.69, 9.17) is 19.6 Å². The second-order valence-electron chi connectivity index (χ2n) is 9.57. The van der Waals surface area contributed by atoms with Crippen molar-refractivity contribution in [1.29, 1.82) is 0 Å². The molecule has 3 aromatic carbocycles. The van der Waals surface area contributed by atoms with Crippen molar-refractivity contribution in [1.82, 2.24) is 9.55 Å². The zero-order chi connectivity index (χ0) is 24.6. The van der Waals surface area contributed by atoms with E-state index in [1.54, 1.807) is 0 Å². The van der Waals surface area contributed by atoms with Gasteiger partial charge in [0.2, 0.25) is 0 Å². The summed E-state index contributed by atoms with van der Waals surface area (Å²) in [4.78, 5) is 16.1. The normalized spacial score (nSPS) is 18.8. The van der Waals surface area contributed by atoms with Crippen molar-refractivity contribution in [3.63, 3.8) is 0 Å². The highest BCUT2D eigenvalue weighted by molar-refractivity contribution is 5.79. The molecule has 2 aliphatic rings. The van der Waals surface area contributed by atoms with Gasteiger partial charge in [-0.05, 0) is 55.2 Å². The van der Waals surface area contributed by atoms with Crippen molar-refractivity contribution in [2.45, 2.75) is 44.8 Å². The summed E-state index contributed by atoms with van der Waals surface area (Å²) in [7, 11) is 0. The minimum absolute atomic E-state index is 0.00921. The van der Waals surface area contributed by atoms with Gasteiger partial charge in [0.05, 0.1) is 29.7 Å². The summed E-state index contributed by atoms with van der Waals surface area (Å²) >= 11 is 0. The Morgan fingerprint density at radius 1 is 1.17 bits per heavy atom. The first-order valence-corrected chi connectivity index (χ1v) is 12.5. The summed E-state index contributed by atoms with van der Waals surface area (Å²) in [5.74, 6) is 0.840. The van der Waals surface area contributed by atoms with Gasteiger partial charge in [-0.25, -0.2) is 4.98 Å². The van der Waals surface area contributed by atoms with E-state index in [9.17, 15) is 4.79 Å². The fraction of sp³-hybridized carbons (Fsp3) is 0.310. The third-order valence-corrected chi connectivity index (χ3v) is 7.26. The minimum Gasteiger partial charge on any atom is -0.493 e. The highest BCUT2D eigenvalue weighted by atomic mass is 16.5. The number of nitrogens with one attached hydrogen (secondary N) is 1. The van der Waals surface area contributed by atoms with Crippen LogP contribution in [0.4, 0.5) is 5.69 Å². The molecule has 1 saturated heterocycles. The smallest absolute Gasteiger partial charge is 0.304 e. The number of hydrogen-bond donors (Lipinski definition) is 2. The van der Waals surface area contributed by atoms with E-state index < -0.39 is 5.97 Å². The monoisotopic (exact) mass is 483 g/mol. The molecule has 6 rings (SSSR count). The molecule has 0 amide bonds. The third kappa shape index (κ3) is 4.09. The number of rotatable bonds is 7. The number of anilines is 1. The van der Waals surface area contributed by atoms with Crippen LogP contribution in [-0.2, 0) is 16.1 Å². The number of hydrogen-bond acceptors (Lipinski definition) is 5. The predicted octanol–water partition coefficient (Wildman–Crippen LogP) is 5.75. The van der Waals surface area contributed by atoms with Gasteiger partial charge >= 0.3 is 5.97 Å². The summed E-state index contributed by atoms with van der Waals surface area (Å²) in [5.41, 5.74) is 7.47. The number of nitrogens with zero attached hydrogens (tertiary/aromatic N) is 2. The average molecular weight is 484 g/mol. The number of imidazole rings is 1. The van der Waals surface area contributed by atoms with E-state index in [2.05, 4.69) is 53.2 Å². The van der Waals surface area contributed by atoms with Crippen LogP contribution < -0.4 is 10.1 Å². The Morgan fingerprint density at radius 3 is 2.89 bits per heavy atom. The molecule has 36 heavy (non-hydrogen) atoms. The second kappa shape index (κ2) is 9.32. The number of carboxylic acids is 1. The SMILES string of the molecule is Cc1c(CNc2ccc3c(c2)OCC3CC(=O)O)cccc1-n1c(C2CCCO2)nc2ccccc21. The molecule has 2 aliphatic heterocycles. The van der Waals surface area contributed by atoms with Gasteiger partial charge in [0.15, 0.2) is 0 Å². The summed E-state index contributed by atoms with van der Waals surface area (Å²) in [6, 6.07) is 20.6. The molecule has 2 N–H and O–H groups in total. The Morgan fingerprint density at radius 2 is 2.06 bits per heavy atom. The minimum atomic E-state index is -0.803. The summed E-state index contributed by atoms with van der Waals surface area (Å²) < 4.78 is 14.1. The Balaban J connectivity index is 1.28. The standard InChI is InChI=1S/C29H29N3O4/c1-18-19(16-30-21-11-12-22-20(14-28(33)34)17-36-27(22)15-21)6-4-9-24(18)32-25-8-3-2-7-23(25)31-29(32)26-10-5-13-35-26/h2-4,6-9,11-12,15,20,26,30H,5,10,13-14,16-17H2,1H3,(H,33,34). The molecule has 7 nitrogen and oxygen atoms in total. The zero-order valence-corrected chi connectivity index (χ0v) is 20.2. The number of ether oxygens (including phenoxy) is 2. The van der Waals surface area contributed by atoms with Gasteiger partial charge in [-0.1, -0.05) is 30.3 Å². The Bertz CT molecular complexity index is 1440. The number of carbonyl (C=O) groups is 1. The van der Waals surface area contributed by atoms with Gasteiger partial charge in [0.1, 0.15) is 17.7 Å². The maximum absolute atomic E-state index is 11.1. The molecule has 0 radical (unpaired) electrons. The number of benzene rings is 3. The molecule has 7 heteroatoms. The summed E-state index contributed by atoms with van der Waals surface area (Å²) in [6.07, 6.45) is 2.13. The van der Waals surface area contributed by atoms with E-state index in [0.29, 0.717) is 13.2 Å². The fourth-order valence-electron chi connectivity index (χ4n) is 5.36. The number of carboxylic acid groups (broad SMARTS) is 1. The molecule has 0 bridgehead atoms. The van der Waals surface area contributed by atoms with Crippen molar-refractivity contribution in [2.75, 3.05) is 18.5 Å². The number of para-hydroxylation sites is 2. The highest BCUT2D eigenvalue weighted by Gasteiger charge is 2.27. The topological polar surface area (TPSA) is 85.6 Å². The van der Waals surface area contributed by atoms with Crippen LogP contribution in [0.2, 0.25) is 0 Å². The summed E-state index contributed by atoms with van der Waals surface area (Å²) in [6.45, 7) is 4.00. The number of fused-ring (bicyclic) bond motifs is 2. The van der Waals surface area contributed by atoms with Crippen LogP contribution in [0.5, 0.6) is 5.75 Å². The van der Waals surface area contributed by atoms with Crippen LogP contribution in [0.25, 0.3) is 16.7 Å². The lowest BCUT2D eigenvalue weighted by atomic mass is 9.98. The van der Waals surface area contributed by atoms with Gasteiger partial charge in [-0.2, -0.15) is 0 Å². The predicted molar refractivity (Wildman–Crippen MR) is 138 cm³/mol. The van der Waals surface area contributed by atoms with Gasteiger partial charge in [0, 0.05) is 36.4 Å². The quantitative estimate of drug-likeness (QED) is 0.348. The van der Waals surface area contributed by atoms with Crippen LogP contribution in [0.15, 0.2) is 60.7 Å². The van der Waals surface area contributed by atoms with Crippen LogP contribution in [0, 0.1) is 6.92 Å². The molecule has 0 aliphatic carbocycles. The first-order chi connectivity index (χ1) is 17.6. The van der Waals surface area contributed by atoms with Crippen molar-refractivity contribution >= 4 is 22.7 Å². The molecule has 184 valence electrons. The Kier molecular flexibility index (Phi) is 5.85. The van der Waals surface area contributed by atoms with E-state index in [1.165, 1.54) is 11.1 Å². The van der Waals surface area contributed by atoms with E-state index in [0.717, 1.165) is 59.0 Å². The van der Waals surface area contributed by atoms with Crippen molar-refractivity contribution in [3.8, 4) is 11.4 Å². The lowest BCUT2D eigenvalue weighted by Crippen LogP contribution is -2.10. The maximum atomic E-state index is 11.1. The maximum Gasteiger partial charge on any atom is 0.304 e. The van der Waals surface area contributed by atoms with Gasteiger partial charge < -0.3 is 19.9 Å². The first-order valence-electron chi connectivity index (χ1n) is 12.5. The average Bonchev–Trinajstić information content (AvgIpc) is 3.62. The zero-order valence-electron chi connectivity index (χ0n) is 20.2. The van der Waals surface area contributed by atoms with E-state index in [-0.39, 0.29) is 18.4 Å². The van der Waals surface area contributed by atoms with Gasteiger partial charge in [-0.3, -0.25) is 9.36 Å². The molecular formula is C29H29N3O4. The number of aliphatic carboxylic acids is 1. The molecule has 1 fully saturated rings. The number of aromatic nitrogens is 2. The van der Waals surface area contributed by atoms with Crippen LogP contribution in [0.3, 0.4) is 0 Å². The Labute approximate surface area is 209 Å². The molecule has 0 spiro atoms. The third-order valence-electron chi connectivity index (χ3n) is 7.26. The molecule has 1 aromatic heterocycles. The molecule has 3 heterocycles. The molecule has 2 atom stereocenters. The molecule has 2 unspecified atom stereocenters. The molecule has 0 saturated carbocycles. The van der Waals surface area contributed by atoms with Crippen molar-refractivity contribution < 1.29 is 19.4 Å². The van der Waals surface area contributed by atoms with E-state index >= 15 is 0 Å². The highest BCUT2D eigenvalue weighted by Crippen LogP contribution is 2.38. The van der Waals surface area contributed by atoms with Gasteiger partial charge in [0.25, 0.3) is 0 Å². The largest absolute Gasteiger partial charge is 0.493 e. The second-order valence-corrected chi connectivity index (χ2v) is 9.57. The van der Waals surface area contributed by atoms with Crippen LogP contribution >= 0.6 is 0 Å². The molecule has 4 aromatic rings. The fourth-order valence-corrected chi connectivity index (χ4v) is 5.36.